The fraction of sp³-hybridized carbons (Fsp3) is 0.333. The molecule has 0 saturated carbocycles. The van der Waals surface area contributed by atoms with Gasteiger partial charge in [0.15, 0.2) is 11.6 Å². The lowest BCUT2D eigenvalue weighted by atomic mass is 10.1. The maximum atomic E-state index is 13.4. The van der Waals surface area contributed by atoms with E-state index in [1.54, 1.807) is 0 Å². The van der Waals surface area contributed by atoms with Gasteiger partial charge in [0.2, 0.25) is 5.91 Å². The molecule has 1 aliphatic rings. The normalized spacial score (nSPS) is 13.6. The number of carbonyl (C=O) groups is 1. The minimum absolute atomic E-state index is 0.132. The smallest absolute Gasteiger partial charge is 0.231 e. The second kappa shape index (κ2) is 4.95. The van der Waals surface area contributed by atoms with Crippen molar-refractivity contribution in [2.24, 2.45) is 0 Å². The molecule has 0 atom stereocenters. The van der Waals surface area contributed by atoms with Crippen molar-refractivity contribution >= 4 is 11.6 Å². The predicted molar refractivity (Wildman–Crippen MR) is 74.2 cm³/mol. The topological polar surface area (TPSA) is 49.0 Å². The quantitative estimate of drug-likeness (QED) is 0.924. The predicted octanol–water partition coefficient (Wildman–Crippen LogP) is 2.44. The number of H-pyrrole nitrogens is 1. The summed E-state index contributed by atoms with van der Waals surface area (Å²) in [5.41, 5.74) is 3.63. The molecule has 1 aromatic carbocycles. The van der Waals surface area contributed by atoms with E-state index in [-0.39, 0.29) is 12.3 Å². The molecule has 0 spiro atoms. The Bertz CT molecular complexity index is 704. The SMILES string of the molecule is Cc1n[nH]c(C)c1CC(=O)N1CCc2cc(F)c(F)cc21. The highest BCUT2D eigenvalue weighted by Gasteiger charge is 2.27. The molecule has 2 aromatic rings. The minimum atomic E-state index is -0.927. The van der Waals surface area contributed by atoms with Crippen LogP contribution >= 0.6 is 0 Å². The van der Waals surface area contributed by atoms with E-state index in [2.05, 4.69) is 10.2 Å². The standard InChI is InChI=1S/C15H15F2N3O/c1-8-11(9(2)19-18-8)6-15(21)20-4-3-10-5-12(16)13(17)7-14(10)20/h5,7H,3-4,6H2,1-2H3,(H,18,19). The van der Waals surface area contributed by atoms with Gasteiger partial charge in [-0.25, -0.2) is 8.78 Å². The van der Waals surface area contributed by atoms with Crippen LogP contribution < -0.4 is 4.90 Å². The summed E-state index contributed by atoms with van der Waals surface area (Å²) >= 11 is 0. The van der Waals surface area contributed by atoms with E-state index in [9.17, 15) is 13.6 Å². The van der Waals surface area contributed by atoms with E-state index < -0.39 is 11.6 Å². The van der Waals surface area contributed by atoms with Gasteiger partial charge in [-0.1, -0.05) is 0 Å². The third-order valence-electron chi connectivity index (χ3n) is 3.93. The molecular weight excluding hydrogens is 276 g/mol. The molecule has 0 aliphatic carbocycles. The Labute approximate surface area is 120 Å². The largest absolute Gasteiger partial charge is 0.311 e. The van der Waals surface area contributed by atoms with Crippen molar-refractivity contribution in [1.29, 1.82) is 0 Å². The lowest BCUT2D eigenvalue weighted by Gasteiger charge is -2.17. The Kier molecular flexibility index (Phi) is 3.23. The minimum Gasteiger partial charge on any atom is -0.311 e. The zero-order valence-electron chi connectivity index (χ0n) is 11.8. The summed E-state index contributed by atoms with van der Waals surface area (Å²) in [6.45, 7) is 4.14. The molecular formula is C15H15F2N3O. The van der Waals surface area contributed by atoms with E-state index in [1.165, 1.54) is 11.0 Å². The number of hydrogen-bond donors (Lipinski definition) is 1. The number of aromatic nitrogens is 2. The first-order chi connectivity index (χ1) is 9.97. The van der Waals surface area contributed by atoms with E-state index >= 15 is 0 Å². The number of hydrogen-bond acceptors (Lipinski definition) is 2. The van der Waals surface area contributed by atoms with Crippen molar-refractivity contribution in [1.82, 2.24) is 10.2 Å². The molecule has 0 unspecified atom stereocenters. The van der Waals surface area contributed by atoms with E-state index in [0.29, 0.717) is 24.2 Å². The van der Waals surface area contributed by atoms with Gasteiger partial charge < -0.3 is 4.90 Å². The maximum Gasteiger partial charge on any atom is 0.231 e. The molecule has 0 fully saturated rings. The number of benzene rings is 1. The molecule has 1 amide bonds. The molecule has 1 aliphatic heterocycles. The molecule has 3 rings (SSSR count). The van der Waals surface area contributed by atoms with Crippen LogP contribution in [-0.4, -0.2) is 22.6 Å². The number of nitrogens with zero attached hydrogens (tertiary/aromatic N) is 2. The third kappa shape index (κ3) is 2.30. The second-order valence-corrected chi connectivity index (χ2v) is 5.28. The van der Waals surface area contributed by atoms with Crippen molar-refractivity contribution in [3.05, 3.63) is 46.3 Å². The fourth-order valence-corrected chi connectivity index (χ4v) is 2.72. The first-order valence-corrected chi connectivity index (χ1v) is 6.76. The number of carbonyl (C=O) groups excluding carboxylic acids is 1. The Balaban J connectivity index is 1.87. The van der Waals surface area contributed by atoms with Crippen LogP contribution in [0.3, 0.4) is 0 Å². The molecule has 21 heavy (non-hydrogen) atoms. The van der Waals surface area contributed by atoms with Crippen LogP contribution in [0.25, 0.3) is 0 Å². The Hall–Kier alpha value is -2.24. The summed E-state index contributed by atoms with van der Waals surface area (Å²) in [5.74, 6) is -1.93. The molecule has 1 N–H and O–H groups in total. The molecule has 0 saturated heterocycles. The highest BCUT2D eigenvalue weighted by Crippen LogP contribution is 2.30. The van der Waals surface area contributed by atoms with Crippen LogP contribution in [0.1, 0.15) is 22.5 Å². The van der Waals surface area contributed by atoms with E-state index in [4.69, 9.17) is 0 Å². The fourth-order valence-electron chi connectivity index (χ4n) is 2.72. The van der Waals surface area contributed by atoms with Gasteiger partial charge >= 0.3 is 0 Å². The van der Waals surface area contributed by atoms with Gasteiger partial charge in [0.25, 0.3) is 0 Å². The number of rotatable bonds is 2. The van der Waals surface area contributed by atoms with E-state index in [1.807, 2.05) is 13.8 Å². The average molecular weight is 291 g/mol. The Morgan fingerprint density at radius 3 is 2.71 bits per heavy atom. The summed E-state index contributed by atoms with van der Waals surface area (Å²) in [7, 11) is 0. The number of anilines is 1. The van der Waals surface area contributed by atoms with Crippen molar-refractivity contribution < 1.29 is 13.6 Å². The van der Waals surface area contributed by atoms with Crippen LogP contribution in [-0.2, 0) is 17.6 Å². The summed E-state index contributed by atoms with van der Waals surface area (Å²) in [5, 5.41) is 6.90. The van der Waals surface area contributed by atoms with Gasteiger partial charge in [0, 0.05) is 23.9 Å². The maximum absolute atomic E-state index is 13.4. The molecule has 4 nitrogen and oxygen atoms in total. The zero-order chi connectivity index (χ0) is 15.1. The molecule has 0 radical (unpaired) electrons. The van der Waals surface area contributed by atoms with Crippen molar-refractivity contribution in [2.45, 2.75) is 26.7 Å². The average Bonchev–Trinajstić information content (AvgIpc) is 2.97. The van der Waals surface area contributed by atoms with Gasteiger partial charge in [-0.2, -0.15) is 5.10 Å². The third-order valence-corrected chi connectivity index (χ3v) is 3.93. The van der Waals surface area contributed by atoms with Gasteiger partial charge in [-0.05, 0) is 31.9 Å². The monoisotopic (exact) mass is 291 g/mol. The summed E-state index contributed by atoms with van der Waals surface area (Å²) in [6.07, 6.45) is 0.744. The number of aryl methyl sites for hydroxylation is 2. The van der Waals surface area contributed by atoms with Crippen molar-refractivity contribution in [3.63, 3.8) is 0 Å². The summed E-state index contributed by atoms with van der Waals surface area (Å²) < 4.78 is 26.6. The summed E-state index contributed by atoms with van der Waals surface area (Å²) in [6, 6.07) is 2.27. The molecule has 110 valence electrons. The second-order valence-electron chi connectivity index (χ2n) is 5.28. The van der Waals surface area contributed by atoms with Gasteiger partial charge in [0.05, 0.1) is 17.8 Å². The zero-order valence-corrected chi connectivity index (χ0v) is 11.8. The Morgan fingerprint density at radius 2 is 2.05 bits per heavy atom. The molecule has 1 aromatic heterocycles. The van der Waals surface area contributed by atoms with Gasteiger partial charge in [0.1, 0.15) is 0 Å². The summed E-state index contributed by atoms with van der Waals surface area (Å²) in [4.78, 5) is 14.0. The molecule has 6 heteroatoms. The van der Waals surface area contributed by atoms with Crippen LogP contribution in [0.4, 0.5) is 14.5 Å². The highest BCUT2D eigenvalue weighted by atomic mass is 19.2. The lowest BCUT2D eigenvalue weighted by molar-refractivity contribution is -0.117. The highest BCUT2D eigenvalue weighted by molar-refractivity contribution is 5.96. The van der Waals surface area contributed by atoms with Gasteiger partial charge in [-0.15, -0.1) is 0 Å². The number of halogens is 2. The molecule has 0 bridgehead atoms. The van der Waals surface area contributed by atoms with Gasteiger partial charge in [-0.3, -0.25) is 9.89 Å². The van der Waals surface area contributed by atoms with Crippen LogP contribution in [0.5, 0.6) is 0 Å². The lowest BCUT2D eigenvalue weighted by Crippen LogP contribution is -2.30. The molecule has 2 heterocycles. The van der Waals surface area contributed by atoms with Crippen LogP contribution in [0, 0.1) is 25.5 Å². The number of nitrogens with one attached hydrogen (secondary N) is 1. The first-order valence-electron chi connectivity index (χ1n) is 6.76. The number of amides is 1. The van der Waals surface area contributed by atoms with Crippen LogP contribution in [0.15, 0.2) is 12.1 Å². The van der Waals surface area contributed by atoms with E-state index in [0.717, 1.165) is 23.0 Å². The number of fused-ring (bicyclic) bond motifs is 1. The first kappa shape index (κ1) is 13.7. The Morgan fingerprint density at radius 1 is 1.33 bits per heavy atom. The van der Waals surface area contributed by atoms with Crippen molar-refractivity contribution in [2.75, 3.05) is 11.4 Å². The van der Waals surface area contributed by atoms with Crippen LogP contribution in [0.2, 0.25) is 0 Å². The van der Waals surface area contributed by atoms with Crippen molar-refractivity contribution in [3.8, 4) is 0 Å². The number of aromatic amines is 1.